The highest BCUT2D eigenvalue weighted by molar-refractivity contribution is 6.30. The van der Waals surface area contributed by atoms with Crippen molar-refractivity contribution in [3.8, 4) is 0 Å². The summed E-state index contributed by atoms with van der Waals surface area (Å²) in [5.74, 6) is 0.493. The average molecular weight is 389 g/mol. The normalized spacial score (nSPS) is 11.4. The third kappa shape index (κ3) is 4.87. The van der Waals surface area contributed by atoms with Crippen molar-refractivity contribution >= 4 is 34.5 Å². The number of carbonyl (C=O) groups excluding carboxylic acids is 1. The van der Waals surface area contributed by atoms with E-state index < -0.39 is 0 Å². The smallest absolute Gasteiger partial charge is 0.228 e. The molecule has 3 rings (SSSR count). The van der Waals surface area contributed by atoms with Gasteiger partial charge in [0.2, 0.25) is 11.9 Å². The number of hydrogen-bond donors (Lipinski definition) is 1. The van der Waals surface area contributed by atoms with Crippen LogP contribution in [0.1, 0.15) is 20.3 Å². The number of para-hydroxylation sites is 2. The SMILES string of the molecule is CCN(CC)CCn1c(NC(=O)CCn2cc(Cl)cn2)nc2ccccc21. The van der Waals surface area contributed by atoms with Crippen molar-refractivity contribution < 1.29 is 4.79 Å². The number of halogens is 1. The maximum atomic E-state index is 12.4. The summed E-state index contributed by atoms with van der Waals surface area (Å²) in [4.78, 5) is 19.4. The Bertz CT molecular complexity index is 899. The molecule has 27 heavy (non-hydrogen) atoms. The highest BCUT2D eigenvalue weighted by atomic mass is 35.5. The molecule has 0 aliphatic rings. The zero-order valence-corrected chi connectivity index (χ0v) is 16.5. The van der Waals surface area contributed by atoms with Crippen LogP contribution in [-0.4, -0.2) is 49.8 Å². The molecule has 0 radical (unpaired) electrons. The van der Waals surface area contributed by atoms with Gasteiger partial charge in [-0.1, -0.05) is 37.6 Å². The lowest BCUT2D eigenvalue weighted by Crippen LogP contribution is -2.27. The minimum atomic E-state index is -0.0963. The quantitative estimate of drug-likeness (QED) is 0.611. The Morgan fingerprint density at radius 2 is 2.00 bits per heavy atom. The van der Waals surface area contributed by atoms with Crippen LogP contribution in [0, 0.1) is 0 Å². The molecule has 3 aromatic rings. The van der Waals surface area contributed by atoms with Gasteiger partial charge in [0.25, 0.3) is 0 Å². The third-order valence-electron chi connectivity index (χ3n) is 4.61. The number of nitrogens with one attached hydrogen (secondary N) is 1. The second-order valence-electron chi connectivity index (χ2n) is 6.32. The number of amides is 1. The van der Waals surface area contributed by atoms with Crippen LogP contribution in [0.4, 0.5) is 5.95 Å². The van der Waals surface area contributed by atoms with E-state index in [9.17, 15) is 4.79 Å². The van der Waals surface area contributed by atoms with Gasteiger partial charge in [0.15, 0.2) is 0 Å². The van der Waals surface area contributed by atoms with Crippen molar-refractivity contribution in [2.75, 3.05) is 25.0 Å². The summed E-state index contributed by atoms with van der Waals surface area (Å²) < 4.78 is 3.74. The summed E-state index contributed by atoms with van der Waals surface area (Å²) in [6, 6.07) is 7.94. The zero-order valence-electron chi connectivity index (χ0n) is 15.7. The van der Waals surface area contributed by atoms with Crippen LogP contribution in [0.3, 0.4) is 0 Å². The first-order valence-electron chi connectivity index (χ1n) is 9.26. The first kappa shape index (κ1) is 19.4. The lowest BCUT2D eigenvalue weighted by atomic mass is 10.3. The van der Waals surface area contributed by atoms with E-state index in [1.165, 1.54) is 0 Å². The number of hydrogen-bond acceptors (Lipinski definition) is 4. The number of aryl methyl sites for hydroxylation is 1. The molecule has 0 bridgehead atoms. The number of nitrogens with zero attached hydrogens (tertiary/aromatic N) is 5. The molecule has 7 nitrogen and oxygen atoms in total. The molecule has 1 N–H and O–H groups in total. The number of rotatable bonds is 9. The molecule has 0 fully saturated rings. The molecule has 0 aliphatic heterocycles. The molecule has 144 valence electrons. The van der Waals surface area contributed by atoms with Gasteiger partial charge in [0, 0.05) is 32.3 Å². The molecule has 1 aromatic carbocycles. The van der Waals surface area contributed by atoms with Crippen LogP contribution >= 0.6 is 11.6 Å². The molecule has 0 spiro atoms. The summed E-state index contributed by atoms with van der Waals surface area (Å²) in [7, 11) is 0. The summed E-state index contributed by atoms with van der Waals surface area (Å²) in [6.45, 7) is 8.45. The zero-order chi connectivity index (χ0) is 19.2. The van der Waals surface area contributed by atoms with Gasteiger partial charge < -0.3 is 9.47 Å². The molecule has 0 aliphatic carbocycles. The average Bonchev–Trinajstić information content (AvgIpc) is 3.24. The predicted octanol–water partition coefficient (Wildman–Crippen LogP) is 3.26. The lowest BCUT2D eigenvalue weighted by Gasteiger charge is -2.19. The first-order valence-corrected chi connectivity index (χ1v) is 9.64. The standard InChI is InChI=1S/C19H25ClN6O/c1-3-24(4-2)11-12-26-17-8-6-5-7-16(17)22-19(26)23-18(27)9-10-25-14-15(20)13-21-25/h5-8,13-14H,3-4,9-12H2,1-2H3,(H,22,23,27). The van der Waals surface area contributed by atoms with Crippen LogP contribution in [0.5, 0.6) is 0 Å². The van der Waals surface area contributed by atoms with E-state index in [0.29, 0.717) is 23.9 Å². The van der Waals surface area contributed by atoms with Gasteiger partial charge in [-0.3, -0.25) is 14.8 Å². The predicted molar refractivity (Wildman–Crippen MR) is 108 cm³/mol. The van der Waals surface area contributed by atoms with Crippen molar-refractivity contribution in [2.24, 2.45) is 0 Å². The van der Waals surface area contributed by atoms with Gasteiger partial charge in [0.05, 0.1) is 22.3 Å². The van der Waals surface area contributed by atoms with Gasteiger partial charge in [-0.25, -0.2) is 4.98 Å². The fraction of sp³-hybridized carbons (Fsp3) is 0.421. The second kappa shape index (κ2) is 9.01. The van der Waals surface area contributed by atoms with Crippen LogP contribution in [0.15, 0.2) is 36.7 Å². The van der Waals surface area contributed by atoms with E-state index in [2.05, 4.69) is 38.7 Å². The Kier molecular flexibility index (Phi) is 6.47. The topological polar surface area (TPSA) is 68.0 Å². The number of aromatic nitrogens is 4. The molecule has 2 aromatic heterocycles. The highest BCUT2D eigenvalue weighted by Crippen LogP contribution is 2.20. The lowest BCUT2D eigenvalue weighted by molar-refractivity contribution is -0.116. The Balaban J connectivity index is 1.72. The first-order chi connectivity index (χ1) is 13.1. The molecule has 0 saturated heterocycles. The Morgan fingerprint density at radius 1 is 1.22 bits per heavy atom. The molecular weight excluding hydrogens is 364 g/mol. The number of imidazole rings is 1. The van der Waals surface area contributed by atoms with Gasteiger partial charge in [-0.15, -0.1) is 0 Å². The van der Waals surface area contributed by atoms with Crippen LogP contribution in [-0.2, 0) is 17.9 Å². The van der Waals surface area contributed by atoms with Crippen LogP contribution < -0.4 is 5.32 Å². The molecule has 0 saturated carbocycles. The van der Waals surface area contributed by atoms with E-state index in [4.69, 9.17) is 11.6 Å². The second-order valence-corrected chi connectivity index (χ2v) is 6.76. The summed E-state index contributed by atoms with van der Waals surface area (Å²) >= 11 is 5.85. The third-order valence-corrected chi connectivity index (χ3v) is 4.80. The van der Waals surface area contributed by atoms with Crippen molar-refractivity contribution in [1.82, 2.24) is 24.2 Å². The Hall–Kier alpha value is -2.38. The Morgan fingerprint density at radius 3 is 2.70 bits per heavy atom. The van der Waals surface area contributed by atoms with Gasteiger partial charge >= 0.3 is 0 Å². The maximum Gasteiger partial charge on any atom is 0.228 e. The van der Waals surface area contributed by atoms with Gasteiger partial charge in [-0.05, 0) is 25.2 Å². The van der Waals surface area contributed by atoms with Crippen LogP contribution in [0.2, 0.25) is 5.02 Å². The Labute approximate surface area is 163 Å². The monoisotopic (exact) mass is 388 g/mol. The number of likely N-dealkylation sites (N-methyl/N-ethyl adjacent to an activating group) is 1. The number of anilines is 1. The van der Waals surface area contributed by atoms with E-state index in [1.807, 2.05) is 24.3 Å². The van der Waals surface area contributed by atoms with Crippen molar-refractivity contribution in [3.05, 3.63) is 41.7 Å². The van der Waals surface area contributed by atoms with Gasteiger partial charge in [-0.2, -0.15) is 5.10 Å². The fourth-order valence-corrected chi connectivity index (χ4v) is 3.20. The van der Waals surface area contributed by atoms with E-state index in [-0.39, 0.29) is 5.91 Å². The summed E-state index contributed by atoms with van der Waals surface area (Å²) in [5.41, 5.74) is 1.91. The largest absolute Gasteiger partial charge is 0.309 e. The number of carbonyl (C=O) groups is 1. The summed E-state index contributed by atoms with van der Waals surface area (Å²) in [6.07, 6.45) is 3.57. The van der Waals surface area contributed by atoms with E-state index in [1.54, 1.807) is 17.1 Å². The number of benzene rings is 1. The molecule has 2 heterocycles. The fourth-order valence-electron chi connectivity index (χ4n) is 3.04. The number of fused-ring (bicyclic) bond motifs is 1. The molecule has 0 unspecified atom stereocenters. The summed E-state index contributed by atoms with van der Waals surface area (Å²) in [5, 5.41) is 7.61. The van der Waals surface area contributed by atoms with E-state index >= 15 is 0 Å². The van der Waals surface area contributed by atoms with E-state index in [0.717, 1.165) is 37.2 Å². The molecular formula is C19H25ClN6O. The molecule has 8 heteroatoms. The highest BCUT2D eigenvalue weighted by Gasteiger charge is 2.14. The maximum absolute atomic E-state index is 12.4. The minimum absolute atomic E-state index is 0.0963. The molecule has 0 atom stereocenters. The minimum Gasteiger partial charge on any atom is -0.309 e. The molecule has 1 amide bonds. The van der Waals surface area contributed by atoms with Crippen molar-refractivity contribution in [1.29, 1.82) is 0 Å². The van der Waals surface area contributed by atoms with Gasteiger partial charge in [0.1, 0.15) is 0 Å². The van der Waals surface area contributed by atoms with Crippen molar-refractivity contribution in [2.45, 2.75) is 33.4 Å². The van der Waals surface area contributed by atoms with Crippen molar-refractivity contribution in [3.63, 3.8) is 0 Å². The van der Waals surface area contributed by atoms with Crippen LogP contribution in [0.25, 0.3) is 11.0 Å².